The Morgan fingerprint density at radius 1 is 1.38 bits per heavy atom. The SMILES string of the molecule is C=CC[C@@H]1[C@@H](C=O)[C@H](OC2CCCCO2)C[C@@H]1OC(C)=O. The number of allylic oxidation sites excluding steroid dienone is 1. The molecule has 1 aliphatic heterocycles. The van der Waals surface area contributed by atoms with Gasteiger partial charge in [-0.3, -0.25) is 4.79 Å². The molecule has 0 amide bonds. The van der Waals surface area contributed by atoms with Crippen molar-refractivity contribution in [2.24, 2.45) is 11.8 Å². The number of ether oxygens (including phenoxy) is 3. The highest BCUT2D eigenvalue weighted by Crippen LogP contribution is 2.39. The zero-order valence-corrected chi connectivity index (χ0v) is 12.5. The molecule has 0 N–H and O–H groups in total. The van der Waals surface area contributed by atoms with Gasteiger partial charge in [-0.05, 0) is 25.7 Å². The number of hydrogen-bond acceptors (Lipinski definition) is 5. The van der Waals surface area contributed by atoms with Crippen LogP contribution in [0.25, 0.3) is 0 Å². The molecule has 0 aromatic rings. The van der Waals surface area contributed by atoms with Gasteiger partial charge in [0.05, 0.1) is 6.10 Å². The van der Waals surface area contributed by atoms with E-state index in [4.69, 9.17) is 14.2 Å². The predicted molar refractivity (Wildman–Crippen MR) is 76.5 cm³/mol. The molecule has 0 bridgehead atoms. The second kappa shape index (κ2) is 7.71. The van der Waals surface area contributed by atoms with Gasteiger partial charge in [-0.15, -0.1) is 6.58 Å². The van der Waals surface area contributed by atoms with Crippen molar-refractivity contribution in [2.75, 3.05) is 6.61 Å². The Morgan fingerprint density at radius 2 is 2.19 bits per heavy atom. The van der Waals surface area contributed by atoms with Crippen molar-refractivity contribution in [1.29, 1.82) is 0 Å². The number of rotatable bonds is 6. The van der Waals surface area contributed by atoms with Gasteiger partial charge in [0, 0.05) is 31.8 Å². The number of esters is 1. The molecule has 2 rings (SSSR count). The van der Waals surface area contributed by atoms with E-state index in [1.165, 1.54) is 6.92 Å². The molecule has 5 heteroatoms. The molecule has 2 aliphatic rings. The van der Waals surface area contributed by atoms with Gasteiger partial charge in [0.1, 0.15) is 12.4 Å². The first-order valence-electron chi connectivity index (χ1n) is 7.66. The minimum atomic E-state index is -0.326. The predicted octanol–water partition coefficient (Wildman–Crippen LogP) is 2.24. The average Bonchev–Trinajstić information content (AvgIpc) is 2.76. The Bertz CT molecular complexity index is 375. The zero-order valence-electron chi connectivity index (χ0n) is 12.5. The fourth-order valence-corrected chi connectivity index (χ4v) is 3.28. The summed E-state index contributed by atoms with van der Waals surface area (Å²) in [5, 5.41) is 0. The highest BCUT2D eigenvalue weighted by atomic mass is 16.7. The maximum Gasteiger partial charge on any atom is 0.302 e. The van der Waals surface area contributed by atoms with E-state index in [0.29, 0.717) is 19.4 Å². The highest BCUT2D eigenvalue weighted by Gasteiger charge is 2.46. The monoisotopic (exact) mass is 296 g/mol. The molecule has 118 valence electrons. The topological polar surface area (TPSA) is 61.8 Å². The van der Waals surface area contributed by atoms with Crippen LogP contribution in [0.4, 0.5) is 0 Å². The number of carbonyl (C=O) groups excluding carboxylic acids is 2. The van der Waals surface area contributed by atoms with Gasteiger partial charge in [0.15, 0.2) is 6.29 Å². The molecule has 5 nitrogen and oxygen atoms in total. The minimum Gasteiger partial charge on any atom is -0.462 e. The van der Waals surface area contributed by atoms with Gasteiger partial charge in [0.25, 0.3) is 0 Å². The van der Waals surface area contributed by atoms with Crippen LogP contribution in [0.5, 0.6) is 0 Å². The van der Waals surface area contributed by atoms with Crippen molar-refractivity contribution in [2.45, 2.75) is 57.5 Å². The van der Waals surface area contributed by atoms with Crippen LogP contribution in [0, 0.1) is 11.8 Å². The molecule has 0 aromatic carbocycles. The van der Waals surface area contributed by atoms with E-state index in [9.17, 15) is 9.59 Å². The van der Waals surface area contributed by atoms with Gasteiger partial charge >= 0.3 is 5.97 Å². The van der Waals surface area contributed by atoms with Crippen LogP contribution in [0.1, 0.15) is 39.0 Å². The molecule has 5 atom stereocenters. The van der Waals surface area contributed by atoms with Crippen LogP contribution in [0.15, 0.2) is 12.7 Å². The molecule has 1 saturated carbocycles. The van der Waals surface area contributed by atoms with Gasteiger partial charge in [0.2, 0.25) is 0 Å². The van der Waals surface area contributed by atoms with Crippen molar-refractivity contribution < 1.29 is 23.8 Å². The highest BCUT2D eigenvalue weighted by molar-refractivity contribution is 5.66. The summed E-state index contributed by atoms with van der Waals surface area (Å²) in [7, 11) is 0. The first kappa shape index (κ1) is 16.2. The normalized spacial score (nSPS) is 36.1. The standard InChI is InChI=1S/C16H24O5/c1-3-6-12-13(10-17)15(9-14(12)20-11(2)18)21-16-7-4-5-8-19-16/h3,10,12-16H,1,4-9H2,2H3/t12-,13-,14+,15-,16?/m1/s1. The van der Waals surface area contributed by atoms with Gasteiger partial charge in [-0.1, -0.05) is 6.08 Å². The maximum absolute atomic E-state index is 11.5. The molecule has 1 saturated heterocycles. The maximum atomic E-state index is 11.5. The minimum absolute atomic E-state index is 0.0579. The van der Waals surface area contributed by atoms with Crippen molar-refractivity contribution in [3.8, 4) is 0 Å². The Hall–Kier alpha value is -1.20. The Kier molecular flexibility index (Phi) is 5.94. The molecule has 2 fully saturated rings. The third kappa shape index (κ3) is 4.14. The molecule has 1 heterocycles. The van der Waals surface area contributed by atoms with Crippen molar-refractivity contribution >= 4 is 12.3 Å². The zero-order chi connectivity index (χ0) is 15.2. The van der Waals surface area contributed by atoms with Crippen LogP contribution in [-0.4, -0.2) is 37.4 Å². The summed E-state index contributed by atoms with van der Waals surface area (Å²) in [4.78, 5) is 22.7. The first-order chi connectivity index (χ1) is 10.2. The largest absolute Gasteiger partial charge is 0.462 e. The second-order valence-electron chi connectivity index (χ2n) is 5.76. The van der Waals surface area contributed by atoms with Gasteiger partial charge < -0.3 is 19.0 Å². The van der Waals surface area contributed by atoms with Crippen LogP contribution >= 0.6 is 0 Å². The molecule has 1 aliphatic carbocycles. The van der Waals surface area contributed by atoms with E-state index >= 15 is 0 Å². The summed E-state index contributed by atoms with van der Waals surface area (Å²) >= 11 is 0. The molecule has 1 unspecified atom stereocenters. The second-order valence-corrected chi connectivity index (χ2v) is 5.76. The number of hydrogen-bond donors (Lipinski definition) is 0. The van der Waals surface area contributed by atoms with Crippen molar-refractivity contribution in [3.05, 3.63) is 12.7 Å². The van der Waals surface area contributed by atoms with Crippen LogP contribution < -0.4 is 0 Å². The van der Waals surface area contributed by atoms with Crippen LogP contribution in [0.3, 0.4) is 0 Å². The summed E-state index contributed by atoms with van der Waals surface area (Å²) < 4.78 is 16.9. The summed E-state index contributed by atoms with van der Waals surface area (Å²) in [5.41, 5.74) is 0. The average molecular weight is 296 g/mol. The lowest BCUT2D eigenvalue weighted by Gasteiger charge is -2.27. The summed E-state index contributed by atoms with van der Waals surface area (Å²) in [6.45, 7) is 5.81. The lowest BCUT2D eigenvalue weighted by Crippen LogP contribution is -2.32. The lowest BCUT2D eigenvalue weighted by atomic mass is 9.92. The van der Waals surface area contributed by atoms with E-state index < -0.39 is 0 Å². The third-order valence-corrected chi connectivity index (χ3v) is 4.24. The molecule has 0 radical (unpaired) electrons. The molecule has 0 aromatic heterocycles. The summed E-state index contributed by atoms with van der Waals surface area (Å²) in [5.74, 6) is -0.663. The van der Waals surface area contributed by atoms with E-state index in [0.717, 1.165) is 25.5 Å². The van der Waals surface area contributed by atoms with Crippen molar-refractivity contribution in [3.63, 3.8) is 0 Å². The molecular weight excluding hydrogens is 272 g/mol. The van der Waals surface area contributed by atoms with E-state index in [1.54, 1.807) is 6.08 Å². The van der Waals surface area contributed by atoms with Crippen molar-refractivity contribution in [1.82, 2.24) is 0 Å². The van der Waals surface area contributed by atoms with Crippen LogP contribution in [-0.2, 0) is 23.8 Å². The van der Waals surface area contributed by atoms with E-state index in [-0.39, 0.29) is 36.3 Å². The summed E-state index contributed by atoms with van der Waals surface area (Å²) in [6.07, 6.45) is 6.06. The quantitative estimate of drug-likeness (QED) is 0.427. The van der Waals surface area contributed by atoms with Gasteiger partial charge in [-0.25, -0.2) is 0 Å². The Balaban J connectivity index is 2.03. The third-order valence-electron chi connectivity index (χ3n) is 4.24. The van der Waals surface area contributed by atoms with E-state index in [2.05, 4.69) is 6.58 Å². The Morgan fingerprint density at radius 3 is 2.76 bits per heavy atom. The van der Waals surface area contributed by atoms with Crippen LogP contribution in [0.2, 0.25) is 0 Å². The molecular formula is C16H24O5. The Labute approximate surface area is 125 Å². The lowest BCUT2D eigenvalue weighted by molar-refractivity contribution is -0.195. The number of aldehydes is 1. The molecule has 21 heavy (non-hydrogen) atoms. The fourth-order valence-electron chi connectivity index (χ4n) is 3.28. The molecule has 0 spiro atoms. The smallest absolute Gasteiger partial charge is 0.302 e. The fraction of sp³-hybridized carbons (Fsp3) is 0.750. The van der Waals surface area contributed by atoms with E-state index in [1.807, 2.05) is 0 Å². The van der Waals surface area contributed by atoms with Gasteiger partial charge in [-0.2, -0.15) is 0 Å². The number of carbonyl (C=O) groups is 2. The summed E-state index contributed by atoms with van der Waals surface area (Å²) in [6, 6.07) is 0. The first-order valence-corrected chi connectivity index (χ1v) is 7.66.